The van der Waals surface area contributed by atoms with Crippen LogP contribution in [-0.4, -0.2) is 22.4 Å². The number of rotatable bonds is 4. The molecule has 6 aliphatic rings. The van der Waals surface area contributed by atoms with Gasteiger partial charge in [0.05, 0.1) is 6.10 Å². The number of aliphatic hydroxyl groups excluding tert-OH is 1. The smallest absolute Gasteiger partial charge is 0.132 e. The number of hydrogen-bond acceptors (Lipinski definition) is 3. The van der Waals surface area contributed by atoms with E-state index < -0.39 is 5.60 Å². The van der Waals surface area contributed by atoms with E-state index in [-0.39, 0.29) is 22.5 Å². The first kappa shape index (κ1) is 21.9. The van der Waals surface area contributed by atoms with Gasteiger partial charge in [-0.2, -0.15) is 0 Å². The zero-order valence-corrected chi connectivity index (χ0v) is 21.1. The van der Waals surface area contributed by atoms with Crippen molar-refractivity contribution >= 4 is 0 Å². The van der Waals surface area contributed by atoms with Crippen LogP contribution in [0.15, 0.2) is 24.3 Å². The lowest BCUT2D eigenvalue weighted by Gasteiger charge is -2.60. The summed E-state index contributed by atoms with van der Waals surface area (Å²) in [6.07, 6.45) is 18.5. The van der Waals surface area contributed by atoms with Crippen molar-refractivity contribution in [1.82, 2.24) is 0 Å². The third-order valence-corrected chi connectivity index (χ3v) is 12.5. The van der Waals surface area contributed by atoms with Crippen molar-refractivity contribution in [1.29, 1.82) is 0 Å². The largest absolute Gasteiger partial charge is 0.393 e. The van der Waals surface area contributed by atoms with Crippen molar-refractivity contribution in [3.8, 4) is 0 Å². The van der Waals surface area contributed by atoms with Crippen molar-refractivity contribution in [2.75, 3.05) is 0 Å². The minimum atomic E-state index is -0.436. The van der Waals surface area contributed by atoms with Crippen LogP contribution in [0.3, 0.4) is 0 Å². The number of aliphatic hydroxyl groups is 1. The van der Waals surface area contributed by atoms with Crippen LogP contribution >= 0.6 is 0 Å². The van der Waals surface area contributed by atoms with Crippen LogP contribution in [-0.2, 0) is 9.78 Å². The minimum absolute atomic E-state index is 0.0326. The van der Waals surface area contributed by atoms with Crippen molar-refractivity contribution in [2.45, 2.75) is 110 Å². The molecule has 5 aliphatic carbocycles. The molecule has 1 aliphatic heterocycles. The number of hydrogen-bond donors (Lipinski definition) is 1. The molecular weight excluding hydrogens is 396 g/mol. The van der Waals surface area contributed by atoms with Crippen LogP contribution in [0.5, 0.6) is 0 Å². The van der Waals surface area contributed by atoms with Gasteiger partial charge in [-0.3, -0.25) is 0 Å². The molecule has 0 aromatic heterocycles. The first-order valence-corrected chi connectivity index (χ1v) is 13.5. The van der Waals surface area contributed by atoms with E-state index in [1.165, 1.54) is 25.7 Å². The SMILES string of the molecule is CC(C)[C@@H](C)/C=C/[C@@H](C)[C@H]1CC[C@]23C[C@]24C=C[C@@]25C[C@@H](O)CC[C@]2(C)[C@]4(CC[C@]13C)OO5. The average molecular weight is 441 g/mol. The van der Waals surface area contributed by atoms with Gasteiger partial charge in [0.25, 0.3) is 0 Å². The van der Waals surface area contributed by atoms with Crippen molar-refractivity contribution in [3.05, 3.63) is 24.3 Å². The highest BCUT2D eigenvalue weighted by atomic mass is 17.2. The van der Waals surface area contributed by atoms with E-state index in [1.807, 2.05) is 0 Å². The van der Waals surface area contributed by atoms with E-state index in [9.17, 15) is 5.11 Å². The Morgan fingerprint density at radius 1 is 0.938 bits per heavy atom. The van der Waals surface area contributed by atoms with Gasteiger partial charge in [-0.05, 0) is 79.4 Å². The van der Waals surface area contributed by atoms with E-state index in [0.29, 0.717) is 35.0 Å². The molecule has 2 bridgehead atoms. The maximum atomic E-state index is 10.5. The van der Waals surface area contributed by atoms with E-state index >= 15 is 0 Å². The average Bonchev–Trinajstić information content (AvgIpc) is 3.29. The van der Waals surface area contributed by atoms with Crippen LogP contribution in [0.4, 0.5) is 0 Å². The van der Waals surface area contributed by atoms with Crippen LogP contribution in [0.1, 0.15) is 92.9 Å². The Kier molecular flexibility index (Phi) is 4.32. The summed E-state index contributed by atoms with van der Waals surface area (Å²) >= 11 is 0. The zero-order chi connectivity index (χ0) is 22.8. The topological polar surface area (TPSA) is 38.7 Å². The monoisotopic (exact) mass is 440 g/mol. The second kappa shape index (κ2) is 6.32. The molecule has 3 spiro atoms. The summed E-state index contributed by atoms with van der Waals surface area (Å²) in [5.41, 5.74) is 0.152. The Morgan fingerprint density at radius 3 is 2.47 bits per heavy atom. The second-order valence-corrected chi connectivity index (χ2v) is 13.6. The molecule has 5 fully saturated rings. The molecule has 0 amide bonds. The quantitative estimate of drug-likeness (QED) is 0.394. The van der Waals surface area contributed by atoms with Gasteiger partial charge in [0.2, 0.25) is 0 Å². The first-order chi connectivity index (χ1) is 15.0. The molecule has 10 atom stereocenters. The van der Waals surface area contributed by atoms with Gasteiger partial charge < -0.3 is 5.11 Å². The van der Waals surface area contributed by atoms with Gasteiger partial charge in [-0.25, -0.2) is 9.78 Å². The lowest BCUT2D eigenvalue weighted by atomic mass is 9.43. The molecule has 1 heterocycles. The Bertz CT molecular complexity index is 878. The summed E-state index contributed by atoms with van der Waals surface area (Å²) in [6.45, 7) is 14.5. The highest BCUT2D eigenvalue weighted by molar-refractivity contribution is 5.47. The Labute approximate surface area is 194 Å². The first-order valence-electron chi connectivity index (χ1n) is 13.5. The molecule has 4 saturated carbocycles. The second-order valence-electron chi connectivity index (χ2n) is 13.6. The lowest BCUT2D eigenvalue weighted by molar-refractivity contribution is -0.358. The summed E-state index contributed by atoms with van der Waals surface area (Å²) in [5.74, 6) is 2.72. The standard InChI is InChI=1S/C29H44O3/c1-19(2)20(3)7-8-21(4)23-10-12-26-18-27(26)14-15-28-17-22(30)9-11-25(28,6)29(27,32-31-28)16-13-24(23,26)5/h7-8,14-15,19-23,30H,9-13,16-18H2,1-6H3/b8-7+/t20-,21+,22-,23+,24+,25-,26+,27+,28+,29-/m0/s1. The summed E-state index contributed by atoms with van der Waals surface area (Å²) < 4.78 is 0. The summed E-state index contributed by atoms with van der Waals surface area (Å²) in [6, 6.07) is 0. The molecule has 0 radical (unpaired) electrons. The van der Waals surface area contributed by atoms with Crippen molar-refractivity contribution < 1.29 is 14.9 Å². The molecule has 0 unspecified atom stereocenters. The van der Waals surface area contributed by atoms with E-state index in [2.05, 4.69) is 65.8 Å². The molecule has 0 aromatic carbocycles. The predicted molar refractivity (Wildman–Crippen MR) is 127 cm³/mol. The van der Waals surface area contributed by atoms with E-state index in [1.54, 1.807) is 0 Å². The van der Waals surface area contributed by atoms with E-state index in [0.717, 1.165) is 25.2 Å². The lowest BCUT2D eigenvalue weighted by Crippen LogP contribution is -2.66. The van der Waals surface area contributed by atoms with Crippen LogP contribution in [0, 0.1) is 45.3 Å². The van der Waals surface area contributed by atoms with Gasteiger partial charge in [-0.15, -0.1) is 0 Å². The molecular formula is C29H44O3. The van der Waals surface area contributed by atoms with Crippen LogP contribution < -0.4 is 0 Å². The van der Waals surface area contributed by atoms with E-state index in [4.69, 9.17) is 9.78 Å². The fourth-order valence-electron chi connectivity index (χ4n) is 10.0. The maximum absolute atomic E-state index is 10.5. The maximum Gasteiger partial charge on any atom is 0.132 e. The third-order valence-electron chi connectivity index (χ3n) is 12.5. The van der Waals surface area contributed by atoms with Gasteiger partial charge >= 0.3 is 0 Å². The van der Waals surface area contributed by atoms with Crippen LogP contribution in [0.25, 0.3) is 0 Å². The number of allylic oxidation sites excluding steroid dienone is 2. The molecule has 1 N–H and O–H groups in total. The Balaban J connectivity index is 1.36. The molecule has 3 nitrogen and oxygen atoms in total. The minimum Gasteiger partial charge on any atom is -0.393 e. The Morgan fingerprint density at radius 2 is 1.72 bits per heavy atom. The van der Waals surface area contributed by atoms with Crippen molar-refractivity contribution in [2.24, 2.45) is 45.3 Å². The molecule has 178 valence electrons. The molecule has 1 saturated heterocycles. The summed E-state index contributed by atoms with van der Waals surface area (Å²) in [7, 11) is 0. The van der Waals surface area contributed by atoms with Gasteiger partial charge in [0, 0.05) is 17.3 Å². The highest BCUT2D eigenvalue weighted by Gasteiger charge is 2.92. The van der Waals surface area contributed by atoms with Crippen LogP contribution in [0.2, 0.25) is 0 Å². The van der Waals surface area contributed by atoms with Crippen molar-refractivity contribution in [3.63, 3.8) is 0 Å². The van der Waals surface area contributed by atoms with Gasteiger partial charge in [0.1, 0.15) is 11.2 Å². The predicted octanol–water partition coefficient (Wildman–Crippen LogP) is 6.62. The Hall–Kier alpha value is -0.640. The molecule has 0 aromatic rings. The third kappa shape index (κ3) is 2.13. The van der Waals surface area contributed by atoms with Gasteiger partial charge in [0.15, 0.2) is 0 Å². The fraction of sp³-hybridized carbons (Fsp3) is 0.862. The highest BCUT2D eigenvalue weighted by Crippen LogP contribution is 2.92. The molecule has 32 heavy (non-hydrogen) atoms. The normalized spacial score (nSPS) is 57.1. The molecule has 3 heteroatoms. The zero-order valence-electron chi connectivity index (χ0n) is 21.1. The summed E-state index contributed by atoms with van der Waals surface area (Å²) in [5, 5.41) is 10.5. The fourth-order valence-corrected chi connectivity index (χ4v) is 10.0. The van der Waals surface area contributed by atoms with Gasteiger partial charge in [-0.1, -0.05) is 65.8 Å². The summed E-state index contributed by atoms with van der Waals surface area (Å²) in [4.78, 5) is 12.8. The molecule has 6 rings (SSSR count).